The minimum absolute atomic E-state index is 0.0506. The SMILES string of the molecule is CC1CCCC(CO)(Nc2nn(C)c(=O)n(C)c2=O)C1. The molecule has 2 rings (SSSR count). The largest absolute Gasteiger partial charge is 0.394 e. The fourth-order valence-electron chi connectivity index (χ4n) is 2.98. The van der Waals surface area contributed by atoms with E-state index < -0.39 is 16.8 Å². The highest BCUT2D eigenvalue weighted by Gasteiger charge is 2.35. The van der Waals surface area contributed by atoms with Crippen LogP contribution in [0.5, 0.6) is 0 Å². The first kappa shape index (κ1) is 14.8. The third-order valence-electron chi connectivity index (χ3n) is 4.10. The zero-order chi connectivity index (χ0) is 14.9. The smallest absolute Gasteiger partial charge is 0.346 e. The average Bonchev–Trinajstić information content (AvgIpc) is 2.42. The van der Waals surface area contributed by atoms with E-state index in [4.69, 9.17) is 0 Å². The summed E-state index contributed by atoms with van der Waals surface area (Å²) in [4.78, 5) is 23.7. The van der Waals surface area contributed by atoms with Crippen LogP contribution in [0.4, 0.5) is 5.82 Å². The Hall–Kier alpha value is -1.63. The van der Waals surface area contributed by atoms with E-state index in [-0.39, 0.29) is 12.4 Å². The first-order chi connectivity index (χ1) is 9.38. The van der Waals surface area contributed by atoms with Gasteiger partial charge in [-0.25, -0.2) is 9.48 Å². The Morgan fingerprint density at radius 2 is 2.15 bits per heavy atom. The molecule has 0 amide bonds. The van der Waals surface area contributed by atoms with E-state index in [9.17, 15) is 14.7 Å². The third kappa shape index (κ3) is 2.63. The number of aliphatic hydroxyl groups is 1. The molecule has 7 nitrogen and oxygen atoms in total. The maximum atomic E-state index is 12.1. The van der Waals surface area contributed by atoms with Crippen molar-refractivity contribution in [2.24, 2.45) is 20.0 Å². The van der Waals surface area contributed by atoms with Gasteiger partial charge in [0.25, 0.3) is 5.56 Å². The van der Waals surface area contributed by atoms with Crippen LogP contribution in [0.15, 0.2) is 9.59 Å². The van der Waals surface area contributed by atoms with Gasteiger partial charge in [0.1, 0.15) is 0 Å². The van der Waals surface area contributed by atoms with Crippen molar-refractivity contribution in [1.82, 2.24) is 14.3 Å². The summed E-state index contributed by atoms with van der Waals surface area (Å²) in [6.07, 6.45) is 3.71. The van der Waals surface area contributed by atoms with Gasteiger partial charge in [0, 0.05) is 14.1 Å². The summed E-state index contributed by atoms with van der Waals surface area (Å²) < 4.78 is 2.15. The van der Waals surface area contributed by atoms with Gasteiger partial charge in [0.2, 0.25) is 5.82 Å². The fraction of sp³-hybridized carbons (Fsp3) is 0.769. The molecular formula is C13H22N4O3. The number of nitrogens with zero attached hydrogens (tertiary/aromatic N) is 3. The minimum Gasteiger partial charge on any atom is -0.394 e. The van der Waals surface area contributed by atoms with Gasteiger partial charge in [0.05, 0.1) is 12.1 Å². The van der Waals surface area contributed by atoms with Crippen molar-refractivity contribution in [2.45, 2.75) is 38.1 Å². The molecule has 2 atom stereocenters. The number of aliphatic hydroxyl groups excluding tert-OH is 1. The summed E-state index contributed by atoms with van der Waals surface area (Å²) >= 11 is 0. The molecule has 20 heavy (non-hydrogen) atoms. The van der Waals surface area contributed by atoms with Gasteiger partial charge in [-0.15, -0.1) is 5.10 Å². The van der Waals surface area contributed by atoms with E-state index in [2.05, 4.69) is 17.3 Å². The average molecular weight is 282 g/mol. The molecule has 0 saturated heterocycles. The Labute approximate surface area is 117 Å². The molecule has 1 fully saturated rings. The summed E-state index contributed by atoms with van der Waals surface area (Å²) in [5.74, 6) is 0.609. The van der Waals surface area contributed by atoms with Crippen LogP contribution in [-0.4, -0.2) is 31.6 Å². The second-order valence-electron chi connectivity index (χ2n) is 5.88. The Bertz CT molecular complexity index is 607. The molecule has 1 aliphatic carbocycles. The van der Waals surface area contributed by atoms with Crippen LogP contribution < -0.4 is 16.6 Å². The number of aryl methyl sites for hydroxylation is 1. The summed E-state index contributed by atoms with van der Waals surface area (Å²) in [5, 5.41) is 16.8. The molecule has 0 spiro atoms. The van der Waals surface area contributed by atoms with Crippen molar-refractivity contribution < 1.29 is 5.11 Å². The Morgan fingerprint density at radius 1 is 1.45 bits per heavy atom. The predicted molar refractivity (Wildman–Crippen MR) is 75.8 cm³/mol. The van der Waals surface area contributed by atoms with E-state index in [0.29, 0.717) is 5.92 Å². The quantitative estimate of drug-likeness (QED) is 0.803. The molecule has 1 heterocycles. The van der Waals surface area contributed by atoms with Crippen LogP contribution in [0.3, 0.4) is 0 Å². The molecule has 1 aromatic rings. The molecule has 2 N–H and O–H groups in total. The zero-order valence-corrected chi connectivity index (χ0v) is 12.2. The number of nitrogens with one attached hydrogen (secondary N) is 1. The number of aromatic nitrogens is 3. The molecule has 0 radical (unpaired) electrons. The Kier molecular flexibility index (Phi) is 3.99. The lowest BCUT2D eigenvalue weighted by Crippen LogP contribution is -2.49. The van der Waals surface area contributed by atoms with Crippen LogP contribution in [0.25, 0.3) is 0 Å². The predicted octanol–water partition coefficient (Wildman–Crippen LogP) is -0.168. The summed E-state index contributed by atoms with van der Waals surface area (Å²) in [5.41, 5.74) is -1.44. The van der Waals surface area contributed by atoms with Gasteiger partial charge < -0.3 is 10.4 Å². The molecule has 7 heteroatoms. The van der Waals surface area contributed by atoms with E-state index in [0.717, 1.165) is 34.9 Å². The highest BCUT2D eigenvalue weighted by molar-refractivity contribution is 5.34. The molecule has 2 unspecified atom stereocenters. The maximum Gasteiger partial charge on any atom is 0.346 e. The Morgan fingerprint density at radius 3 is 2.75 bits per heavy atom. The minimum atomic E-state index is -0.520. The van der Waals surface area contributed by atoms with Crippen molar-refractivity contribution in [3.8, 4) is 0 Å². The molecular weight excluding hydrogens is 260 g/mol. The van der Waals surface area contributed by atoms with Gasteiger partial charge in [-0.05, 0) is 18.8 Å². The topological polar surface area (TPSA) is 89.2 Å². The number of rotatable bonds is 3. The monoisotopic (exact) mass is 282 g/mol. The highest BCUT2D eigenvalue weighted by Crippen LogP contribution is 2.33. The van der Waals surface area contributed by atoms with E-state index >= 15 is 0 Å². The standard InChI is InChI=1S/C13H22N4O3/c1-9-5-4-6-13(7-9,8-18)14-10-11(19)16(2)12(20)17(3)15-10/h9,18H,4-8H2,1-3H3,(H,14,15). The number of hydrogen-bond donors (Lipinski definition) is 2. The summed E-state index contributed by atoms with van der Waals surface area (Å²) in [7, 11) is 2.93. The lowest BCUT2D eigenvalue weighted by Gasteiger charge is -2.39. The first-order valence-corrected chi connectivity index (χ1v) is 6.92. The van der Waals surface area contributed by atoms with Crippen LogP contribution >= 0.6 is 0 Å². The van der Waals surface area contributed by atoms with E-state index in [1.807, 2.05) is 0 Å². The first-order valence-electron chi connectivity index (χ1n) is 6.92. The van der Waals surface area contributed by atoms with Crippen LogP contribution in [-0.2, 0) is 14.1 Å². The third-order valence-corrected chi connectivity index (χ3v) is 4.10. The molecule has 1 saturated carbocycles. The van der Waals surface area contributed by atoms with Crippen molar-refractivity contribution in [3.05, 3.63) is 20.8 Å². The maximum absolute atomic E-state index is 12.1. The van der Waals surface area contributed by atoms with Gasteiger partial charge >= 0.3 is 5.69 Å². The van der Waals surface area contributed by atoms with Crippen LogP contribution in [0.2, 0.25) is 0 Å². The molecule has 1 aromatic heterocycles. The van der Waals surface area contributed by atoms with Crippen molar-refractivity contribution in [2.75, 3.05) is 11.9 Å². The normalized spacial score (nSPS) is 26.5. The van der Waals surface area contributed by atoms with Crippen molar-refractivity contribution in [1.29, 1.82) is 0 Å². The van der Waals surface area contributed by atoms with Gasteiger partial charge in [-0.1, -0.05) is 19.8 Å². The van der Waals surface area contributed by atoms with Crippen LogP contribution in [0, 0.1) is 5.92 Å². The van der Waals surface area contributed by atoms with Crippen molar-refractivity contribution >= 4 is 5.82 Å². The molecule has 112 valence electrons. The highest BCUT2D eigenvalue weighted by atomic mass is 16.3. The number of anilines is 1. The van der Waals surface area contributed by atoms with E-state index in [1.54, 1.807) is 0 Å². The molecule has 0 bridgehead atoms. The summed E-state index contributed by atoms with van der Waals surface area (Å²) in [6.45, 7) is 2.09. The lowest BCUT2D eigenvalue weighted by atomic mass is 9.77. The van der Waals surface area contributed by atoms with Crippen LogP contribution in [0.1, 0.15) is 32.6 Å². The summed E-state index contributed by atoms with van der Waals surface area (Å²) in [6, 6.07) is 0. The molecule has 0 aliphatic heterocycles. The Balaban J connectivity index is 2.38. The van der Waals surface area contributed by atoms with Gasteiger partial charge in [0.15, 0.2) is 0 Å². The fourth-order valence-corrected chi connectivity index (χ4v) is 2.98. The van der Waals surface area contributed by atoms with E-state index in [1.165, 1.54) is 14.1 Å². The molecule has 0 aromatic carbocycles. The molecule has 1 aliphatic rings. The second-order valence-corrected chi connectivity index (χ2v) is 5.88. The number of hydrogen-bond acceptors (Lipinski definition) is 5. The zero-order valence-electron chi connectivity index (χ0n) is 12.2. The van der Waals surface area contributed by atoms with Crippen molar-refractivity contribution in [3.63, 3.8) is 0 Å². The van der Waals surface area contributed by atoms with Gasteiger partial charge in [-0.2, -0.15) is 0 Å². The lowest BCUT2D eigenvalue weighted by molar-refractivity contribution is 0.149. The second kappa shape index (κ2) is 5.40. The van der Waals surface area contributed by atoms with Gasteiger partial charge in [-0.3, -0.25) is 9.36 Å².